The summed E-state index contributed by atoms with van der Waals surface area (Å²) in [6.07, 6.45) is 1.57. The van der Waals surface area contributed by atoms with Gasteiger partial charge in [0.25, 0.3) is 0 Å². The van der Waals surface area contributed by atoms with E-state index in [4.69, 9.17) is 9.47 Å². The molecule has 0 unspecified atom stereocenters. The molecular formula is C18H27N3O4. The van der Waals surface area contributed by atoms with Crippen molar-refractivity contribution in [2.45, 2.75) is 25.8 Å². The number of methoxy groups -OCH3 is 2. The Morgan fingerprint density at radius 1 is 1.24 bits per heavy atom. The van der Waals surface area contributed by atoms with Gasteiger partial charge in [-0.2, -0.15) is 0 Å². The van der Waals surface area contributed by atoms with Gasteiger partial charge in [0.15, 0.2) is 0 Å². The zero-order valence-corrected chi connectivity index (χ0v) is 15.1. The number of piperidine rings is 1. The highest BCUT2D eigenvalue weighted by Gasteiger charge is 2.32. The molecule has 0 saturated carbocycles. The van der Waals surface area contributed by atoms with Gasteiger partial charge in [-0.05, 0) is 31.9 Å². The number of amides is 3. The van der Waals surface area contributed by atoms with Gasteiger partial charge >= 0.3 is 6.03 Å². The normalized spacial score (nSPS) is 20.0. The van der Waals surface area contributed by atoms with Crippen molar-refractivity contribution in [1.29, 1.82) is 0 Å². The molecule has 7 heteroatoms. The van der Waals surface area contributed by atoms with Crippen molar-refractivity contribution in [3.05, 3.63) is 24.3 Å². The summed E-state index contributed by atoms with van der Waals surface area (Å²) < 4.78 is 10.2. The Labute approximate surface area is 148 Å². The van der Waals surface area contributed by atoms with Crippen molar-refractivity contribution in [2.24, 2.45) is 5.92 Å². The number of carbonyl (C=O) groups excluding carboxylic acids is 2. The van der Waals surface area contributed by atoms with Crippen molar-refractivity contribution in [3.8, 4) is 5.75 Å². The Morgan fingerprint density at radius 3 is 2.72 bits per heavy atom. The molecule has 1 saturated heterocycles. The molecule has 0 aliphatic carbocycles. The molecule has 3 amide bonds. The van der Waals surface area contributed by atoms with Gasteiger partial charge in [0, 0.05) is 26.2 Å². The van der Waals surface area contributed by atoms with Crippen molar-refractivity contribution in [2.75, 3.05) is 39.2 Å². The minimum atomic E-state index is -0.216. The molecule has 1 aliphatic rings. The lowest BCUT2D eigenvalue weighted by Crippen LogP contribution is -2.51. The van der Waals surface area contributed by atoms with E-state index in [9.17, 15) is 9.59 Å². The summed E-state index contributed by atoms with van der Waals surface area (Å²) in [4.78, 5) is 26.7. The first-order chi connectivity index (χ1) is 12.1. The van der Waals surface area contributed by atoms with Crippen LogP contribution in [0.4, 0.5) is 10.5 Å². The van der Waals surface area contributed by atoms with Crippen LogP contribution in [0.15, 0.2) is 24.3 Å². The van der Waals surface area contributed by atoms with Gasteiger partial charge in [-0.15, -0.1) is 0 Å². The smallest absolute Gasteiger partial charge is 0.322 e. The fourth-order valence-corrected chi connectivity index (χ4v) is 2.96. The number of nitrogens with one attached hydrogen (secondary N) is 2. The summed E-state index contributed by atoms with van der Waals surface area (Å²) in [5.74, 6) is 0.380. The molecule has 1 heterocycles. The third kappa shape index (κ3) is 5.09. The van der Waals surface area contributed by atoms with Gasteiger partial charge in [0.2, 0.25) is 5.91 Å². The number of ether oxygens (including phenoxy) is 2. The lowest BCUT2D eigenvalue weighted by atomic mass is 9.93. The minimum absolute atomic E-state index is 0.0287. The maximum Gasteiger partial charge on any atom is 0.322 e. The van der Waals surface area contributed by atoms with Crippen LogP contribution in [0, 0.1) is 5.92 Å². The second-order valence-electron chi connectivity index (χ2n) is 6.19. The summed E-state index contributed by atoms with van der Waals surface area (Å²) in [5, 5.41) is 5.74. The van der Waals surface area contributed by atoms with Crippen molar-refractivity contribution in [1.82, 2.24) is 10.2 Å². The van der Waals surface area contributed by atoms with Gasteiger partial charge in [-0.1, -0.05) is 12.1 Å². The van der Waals surface area contributed by atoms with Gasteiger partial charge in [-0.25, -0.2) is 4.79 Å². The van der Waals surface area contributed by atoms with E-state index in [2.05, 4.69) is 10.6 Å². The highest BCUT2D eigenvalue weighted by atomic mass is 16.5. The van der Waals surface area contributed by atoms with Crippen LogP contribution in [0.1, 0.15) is 19.8 Å². The number of para-hydroxylation sites is 2. The number of likely N-dealkylation sites (tertiary alicyclic amines) is 1. The van der Waals surface area contributed by atoms with E-state index in [1.54, 1.807) is 31.3 Å². The molecule has 0 radical (unpaired) electrons. The number of hydrogen-bond donors (Lipinski definition) is 2. The summed E-state index contributed by atoms with van der Waals surface area (Å²) in [5.41, 5.74) is 0.619. The average molecular weight is 349 g/mol. The fourth-order valence-electron chi connectivity index (χ4n) is 2.96. The van der Waals surface area contributed by atoms with Crippen LogP contribution < -0.4 is 15.4 Å². The Hall–Kier alpha value is -2.28. The first-order valence-corrected chi connectivity index (χ1v) is 8.54. The lowest BCUT2D eigenvalue weighted by molar-refractivity contribution is -0.126. The van der Waals surface area contributed by atoms with Crippen molar-refractivity contribution >= 4 is 17.6 Å². The number of urea groups is 1. The number of hydrogen-bond acceptors (Lipinski definition) is 4. The van der Waals surface area contributed by atoms with Crippen LogP contribution in [0.25, 0.3) is 0 Å². The Kier molecular flexibility index (Phi) is 7.06. The number of rotatable bonds is 6. The molecule has 2 N–H and O–H groups in total. The quantitative estimate of drug-likeness (QED) is 0.771. The number of carbonyl (C=O) groups is 2. The van der Waals surface area contributed by atoms with E-state index in [-0.39, 0.29) is 23.9 Å². The van der Waals surface area contributed by atoms with Crippen LogP contribution >= 0.6 is 0 Å². The Balaban J connectivity index is 1.98. The van der Waals surface area contributed by atoms with E-state index in [0.29, 0.717) is 31.1 Å². The summed E-state index contributed by atoms with van der Waals surface area (Å²) >= 11 is 0. The van der Waals surface area contributed by atoms with Gasteiger partial charge < -0.3 is 25.0 Å². The third-order valence-electron chi connectivity index (χ3n) is 4.47. The molecule has 0 aromatic heterocycles. The molecular weight excluding hydrogens is 322 g/mol. The van der Waals surface area contributed by atoms with Crippen molar-refractivity contribution < 1.29 is 19.1 Å². The predicted octanol–water partition coefficient (Wildman–Crippen LogP) is 2.09. The number of nitrogens with zero attached hydrogens (tertiary/aromatic N) is 1. The van der Waals surface area contributed by atoms with Crippen LogP contribution in [-0.4, -0.2) is 56.8 Å². The monoisotopic (exact) mass is 349 g/mol. The average Bonchev–Trinajstić information content (AvgIpc) is 2.62. The molecule has 7 nitrogen and oxygen atoms in total. The van der Waals surface area contributed by atoms with E-state index < -0.39 is 0 Å². The summed E-state index contributed by atoms with van der Waals surface area (Å²) in [6.45, 7) is 3.36. The summed E-state index contributed by atoms with van der Waals surface area (Å²) in [7, 11) is 3.16. The summed E-state index contributed by atoms with van der Waals surface area (Å²) in [6, 6.07) is 7.13. The third-order valence-corrected chi connectivity index (χ3v) is 4.47. The molecule has 2 rings (SSSR count). The van der Waals surface area contributed by atoms with Gasteiger partial charge in [0.05, 0.1) is 25.3 Å². The molecule has 2 atom stereocenters. The fraction of sp³-hybridized carbons (Fsp3) is 0.556. The Bertz CT molecular complexity index is 593. The van der Waals surface area contributed by atoms with E-state index >= 15 is 0 Å². The largest absolute Gasteiger partial charge is 0.495 e. The van der Waals surface area contributed by atoms with Gasteiger partial charge in [0.1, 0.15) is 5.75 Å². The second kappa shape index (κ2) is 9.27. The molecule has 0 bridgehead atoms. The maximum atomic E-state index is 12.7. The SMILES string of the molecule is COCCNC(=O)[C@@H]1CC[C@H](C)N(C(=O)Nc2ccccc2OC)C1. The van der Waals surface area contributed by atoms with Crippen LogP contribution in [0.2, 0.25) is 0 Å². The zero-order chi connectivity index (χ0) is 18.2. The van der Waals surface area contributed by atoms with Crippen LogP contribution in [0.3, 0.4) is 0 Å². The highest BCUT2D eigenvalue weighted by Crippen LogP contribution is 2.26. The van der Waals surface area contributed by atoms with Crippen LogP contribution in [0.5, 0.6) is 5.75 Å². The van der Waals surface area contributed by atoms with E-state index in [1.807, 2.05) is 19.1 Å². The predicted molar refractivity (Wildman–Crippen MR) is 95.8 cm³/mol. The Morgan fingerprint density at radius 2 is 2.00 bits per heavy atom. The van der Waals surface area contributed by atoms with E-state index in [0.717, 1.165) is 12.8 Å². The van der Waals surface area contributed by atoms with Crippen LogP contribution in [-0.2, 0) is 9.53 Å². The number of anilines is 1. The standard InChI is InChI=1S/C18H27N3O4/c1-13-8-9-14(17(22)19-10-11-24-2)12-21(13)18(23)20-15-6-4-5-7-16(15)25-3/h4-7,13-14H,8-12H2,1-3H3,(H,19,22)(H,20,23)/t13-,14+/m0/s1. The van der Waals surface area contributed by atoms with E-state index in [1.165, 1.54) is 0 Å². The molecule has 25 heavy (non-hydrogen) atoms. The molecule has 1 aliphatic heterocycles. The zero-order valence-electron chi connectivity index (χ0n) is 15.1. The molecule has 1 fully saturated rings. The molecule has 1 aromatic rings. The highest BCUT2D eigenvalue weighted by molar-refractivity contribution is 5.91. The molecule has 0 spiro atoms. The first kappa shape index (κ1) is 19.1. The maximum absolute atomic E-state index is 12.7. The molecule has 1 aromatic carbocycles. The minimum Gasteiger partial charge on any atom is -0.495 e. The first-order valence-electron chi connectivity index (χ1n) is 8.54. The van der Waals surface area contributed by atoms with Crippen molar-refractivity contribution in [3.63, 3.8) is 0 Å². The number of benzene rings is 1. The second-order valence-corrected chi connectivity index (χ2v) is 6.19. The topological polar surface area (TPSA) is 79.9 Å². The lowest BCUT2D eigenvalue weighted by Gasteiger charge is -2.37. The van der Waals surface area contributed by atoms with Gasteiger partial charge in [-0.3, -0.25) is 4.79 Å². The molecule has 138 valence electrons.